The highest BCUT2D eigenvalue weighted by molar-refractivity contribution is 7.15. The average molecular weight is 399 g/mol. The van der Waals surface area contributed by atoms with E-state index in [9.17, 15) is 20.0 Å². The van der Waals surface area contributed by atoms with Crippen molar-refractivity contribution in [1.82, 2.24) is 0 Å². The number of anilines is 1. The number of nitrogens with one attached hydrogen (secondary N) is 1. The molecule has 8 heteroatoms. The van der Waals surface area contributed by atoms with E-state index in [1.54, 1.807) is 47.8 Å². The number of nitriles is 1. The highest BCUT2D eigenvalue weighted by Crippen LogP contribution is 2.36. The number of rotatable bonds is 5. The number of thiophene rings is 1. The van der Waals surface area contributed by atoms with Crippen LogP contribution in [-0.4, -0.2) is 17.0 Å². The van der Waals surface area contributed by atoms with Gasteiger partial charge in [-0.15, -0.1) is 11.3 Å². The number of halogens is 1. The minimum Gasteiger partial charge on any atom is -0.478 e. The van der Waals surface area contributed by atoms with Crippen LogP contribution in [0.25, 0.3) is 17.2 Å². The van der Waals surface area contributed by atoms with Crippen LogP contribution in [0.4, 0.5) is 5.00 Å². The minimum atomic E-state index is -1.19. The maximum Gasteiger partial charge on any atom is 0.339 e. The van der Waals surface area contributed by atoms with E-state index in [4.69, 9.17) is 16.0 Å². The Morgan fingerprint density at radius 1 is 1.26 bits per heavy atom. The van der Waals surface area contributed by atoms with Gasteiger partial charge in [0.05, 0.1) is 6.26 Å². The second-order valence-corrected chi connectivity index (χ2v) is 6.62. The van der Waals surface area contributed by atoms with Crippen LogP contribution >= 0.6 is 22.9 Å². The predicted molar refractivity (Wildman–Crippen MR) is 103 cm³/mol. The maximum absolute atomic E-state index is 12.4. The lowest BCUT2D eigenvalue weighted by atomic mass is 10.0. The van der Waals surface area contributed by atoms with Gasteiger partial charge in [-0.05, 0) is 29.8 Å². The molecule has 27 heavy (non-hydrogen) atoms. The fourth-order valence-corrected chi connectivity index (χ4v) is 3.42. The molecule has 134 valence electrons. The van der Waals surface area contributed by atoms with Gasteiger partial charge in [-0.3, -0.25) is 4.79 Å². The van der Waals surface area contributed by atoms with E-state index in [0.717, 1.165) is 11.3 Å². The van der Waals surface area contributed by atoms with Crippen molar-refractivity contribution in [2.75, 3.05) is 5.32 Å². The Labute approximate surface area is 162 Å². The molecule has 3 rings (SSSR count). The van der Waals surface area contributed by atoms with Crippen molar-refractivity contribution >= 4 is 45.9 Å². The summed E-state index contributed by atoms with van der Waals surface area (Å²) in [6, 6.07) is 11.7. The molecule has 2 aromatic heterocycles. The Bertz CT molecular complexity index is 1060. The SMILES string of the molecule is N#C/C(=C\c1ccco1)C(=O)Nc1scc(-c2ccc(Cl)cc2)c1C(=O)O. The first-order chi connectivity index (χ1) is 13.0. The Morgan fingerprint density at radius 2 is 2.00 bits per heavy atom. The monoisotopic (exact) mass is 398 g/mol. The van der Waals surface area contributed by atoms with Crippen molar-refractivity contribution in [2.45, 2.75) is 0 Å². The molecule has 0 spiro atoms. The Hall–Kier alpha value is -3.34. The van der Waals surface area contributed by atoms with Crippen LogP contribution in [0.5, 0.6) is 0 Å². The third-order valence-electron chi connectivity index (χ3n) is 3.58. The number of carboxylic acids is 1. The molecule has 0 aliphatic carbocycles. The zero-order valence-corrected chi connectivity index (χ0v) is 15.2. The van der Waals surface area contributed by atoms with Crippen molar-refractivity contribution < 1.29 is 19.1 Å². The van der Waals surface area contributed by atoms with Crippen molar-refractivity contribution in [3.63, 3.8) is 0 Å². The molecule has 1 amide bonds. The molecule has 1 aromatic carbocycles. The minimum absolute atomic E-state index is 0.0500. The van der Waals surface area contributed by atoms with Crippen LogP contribution in [0.15, 0.2) is 58.0 Å². The molecule has 0 bridgehead atoms. The largest absolute Gasteiger partial charge is 0.478 e. The molecular weight excluding hydrogens is 388 g/mol. The number of carbonyl (C=O) groups is 2. The first-order valence-electron chi connectivity index (χ1n) is 7.57. The quantitative estimate of drug-likeness (QED) is 0.469. The van der Waals surface area contributed by atoms with E-state index in [-0.39, 0.29) is 16.1 Å². The molecule has 2 heterocycles. The molecule has 0 aliphatic rings. The summed E-state index contributed by atoms with van der Waals surface area (Å²) in [5.41, 5.74) is 0.849. The smallest absolute Gasteiger partial charge is 0.339 e. The summed E-state index contributed by atoms with van der Waals surface area (Å²) < 4.78 is 5.09. The summed E-state index contributed by atoms with van der Waals surface area (Å²) in [6.45, 7) is 0. The summed E-state index contributed by atoms with van der Waals surface area (Å²) >= 11 is 6.93. The van der Waals surface area contributed by atoms with Gasteiger partial charge in [0.1, 0.15) is 28.0 Å². The summed E-state index contributed by atoms with van der Waals surface area (Å²) in [4.78, 5) is 24.1. The standard InChI is InChI=1S/C19H11ClN2O4S/c20-13-5-3-11(4-6-13)15-10-27-18(16(15)19(24)25)22-17(23)12(9-21)8-14-2-1-7-26-14/h1-8,10H,(H,22,23)(H,24,25)/b12-8+. The molecule has 3 aromatic rings. The number of hydrogen-bond acceptors (Lipinski definition) is 5. The number of aromatic carboxylic acids is 1. The lowest BCUT2D eigenvalue weighted by Crippen LogP contribution is -2.14. The van der Waals surface area contributed by atoms with Crippen LogP contribution in [-0.2, 0) is 4.79 Å². The van der Waals surface area contributed by atoms with Crippen LogP contribution in [0, 0.1) is 11.3 Å². The molecule has 0 unspecified atom stereocenters. The van der Waals surface area contributed by atoms with Gasteiger partial charge in [0.25, 0.3) is 5.91 Å². The second-order valence-electron chi connectivity index (χ2n) is 5.30. The number of nitrogens with zero attached hydrogens (tertiary/aromatic N) is 1. The van der Waals surface area contributed by atoms with Gasteiger partial charge in [0.15, 0.2) is 0 Å². The van der Waals surface area contributed by atoms with Gasteiger partial charge in [0, 0.05) is 22.0 Å². The van der Waals surface area contributed by atoms with E-state index in [0.29, 0.717) is 21.9 Å². The fourth-order valence-electron chi connectivity index (χ4n) is 2.34. The van der Waals surface area contributed by atoms with E-state index in [1.165, 1.54) is 12.3 Å². The number of carbonyl (C=O) groups excluding carboxylic acids is 1. The molecule has 0 saturated carbocycles. The molecule has 0 saturated heterocycles. The lowest BCUT2D eigenvalue weighted by Gasteiger charge is -2.05. The van der Waals surface area contributed by atoms with E-state index in [1.807, 2.05) is 0 Å². The third-order valence-corrected chi connectivity index (χ3v) is 4.73. The number of benzene rings is 1. The summed E-state index contributed by atoms with van der Waals surface area (Å²) in [7, 11) is 0. The molecule has 0 aliphatic heterocycles. The summed E-state index contributed by atoms with van der Waals surface area (Å²) in [6.07, 6.45) is 2.70. The number of hydrogen-bond donors (Lipinski definition) is 2. The fraction of sp³-hybridized carbons (Fsp3) is 0. The highest BCUT2D eigenvalue weighted by Gasteiger charge is 2.22. The summed E-state index contributed by atoms with van der Waals surface area (Å²) in [5.74, 6) is -1.57. The van der Waals surface area contributed by atoms with Gasteiger partial charge < -0.3 is 14.8 Å². The van der Waals surface area contributed by atoms with Gasteiger partial charge in [0.2, 0.25) is 0 Å². The zero-order chi connectivity index (χ0) is 19.4. The molecule has 0 atom stereocenters. The Balaban J connectivity index is 1.93. The van der Waals surface area contributed by atoms with E-state index >= 15 is 0 Å². The highest BCUT2D eigenvalue weighted by atomic mass is 35.5. The van der Waals surface area contributed by atoms with E-state index in [2.05, 4.69) is 5.32 Å². The van der Waals surface area contributed by atoms with Crippen LogP contribution in [0.3, 0.4) is 0 Å². The number of furan rings is 1. The number of carboxylic acid groups (broad SMARTS) is 1. The molecular formula is C19H11ClN2O4S. The first kappa shape index (κ1) is 18.5. The van der Waals surface area contributed by atoms with Crippen LogP contribution in [0.2, 0.25) is 5.02 Å². The second kappa shape index (κ2) is 7.91. The predicted octanol–water partition coefficient (Wildman–Crippen LogP) is 4.91. The summed E-state index contributed by atoms with van der Waals surface area (Å²) in [5, 5.41) is 23.6. The van der Waals surface area contributed by atoms with Gasteiger partial charge in [-0.25, -0.2) is 4.79 Å². The Morgan fingerprint density at radius 3 is 2.59 bits per heavy atom. The maximum atomic E-state index is 12.4. The first-order valence-corrected chi connectivity index (χ1v) is 8.82. The van der Waals surface area contributed by atoms with Crippen molar-refractivity contribution in [2.24, 2.45) is 0 Å². The van der Waals surface area contributed by atoms with Gasteiger partial charge in [-0.1, -0.05) is 23.7 Å². The van der Waals surface area contributed by atoms with Crippen molar-refractivity contribution in [1.29, 1.82) is 5.26 Å². The molecule has 0 radical (unpaired) electrons. The van der Waals surface area contributed by atoms with Crippen molar-refractivity contribution in [3.05, 3.63) is 70.0 Å². The van der Waals surface area contributed by atoms with E-state index < -0.39 is 11.9 Å². The van der Waals surface area contributed by atoms with Crippen molar-refractivity contribution in [3.8, 4) is 17.2 Å². The Kier molecular flexibility index (Phi) is 5.41. The van der Waals surface area contributed by atoms with Gasteiger partial charge in [-0.2, -0.15) is 5.26 Å². The van der Waals surface area contributed by atoms with Gasteiger partial charge >= 0.3 is 5.97 Å². The average Bonchev–Trinajstić information content (AvgIpc) is 3.30. The molecule has 6 nitrogen and oxygen atoms in total. The topological polar surface area (TPSA) is 103 Å². The third kappa shape index (κ3) is 4.08. The lowest BCUT2D eigenvalue weighted by molar-refractivity contribution is -0.112. The molecule has 0 fully saturated rings. The number of amides is 1. The zero-order valence-electron chi connectivity index (χ0n) is 13.6. The molecule has 2 N–H and O–H groups in total. The van der Waals surface area contributed by atoms with Crippen LogP contribution < -0.4 is 5.32 Å². The van der Waals surface area contributed by atoms with Crippen LogP contribution in [0.1, 0.15) is 16.1 Å². The normalized spacial score (nSPS) is 11.0.